The van der Waals surface area contributed by atoms with Gasteiger partial charge < -0.3 is 26.0 Å². The Morgan fingerprint density at radius 3 is 1.63 bits per heavy atom. The van der Waals surface area contributed by atoms with Gasteiger partial charge in [0.25, 0.3) is 0 Å². The summed E-state index contributed by atoms with van der Waals surface area (Å²) in [5.74, 6) is 2.69. The van der Waals surface area contributed by atoms with Crippen LogP contribution in [0.15, 0.2) is 48.5 Å². The summed E-state index contributed by atoms with van der Waals surface area (Å²) in [6.07, 6.45) is 26.4. The molecule has 2 unspecified atom stereocenters. The van der Waals surface area contributed by atoms with E-state index in [0.29, 0.717) is 35.9 Å². The van der Waals surface area contributed by atoms with E-state index in [1.54, 1.807) is 12.1 Å². The second-order valence-corrected chi connectivity index (χ2v) is 19.3. The third kappa shape index (κ3) is 21.0. The molecular weight excluding hydrogens is 811 g/mol. The number of carbonyl (C=O) groups excluding carboxylic acids is 1. The van der Waals surface area contributed by atoms with Crippen LogP contribution in [0.2, 0.25) is 10.0 Å². The topological polar surface area (TPSA) is 98.9 Å². The van der Waals surface area contributed by atoms with Gasteiger partial charge in [-0.3, -0.25) is 9.59 Å². The molecule has 10 heteroatoms. The number of carbonyl (C=O) groups is 2. The lowest BCUT2D eigenvalue weighted by Gasteiger charge is -2.39. The first-order valence-corrected chi connectivity index (χ1v) is 24.6. The van der Waals surface area contributed by atoms with E-state index < -0.39 is 5.97 Å². The van der Waals surface area contributed by atoms with Gasteiger partial charge in [0.2, 0.25) is 5.91 Å². The molecule has 2 aromatic rings. The standard InChI is InChI=1S/C25H39ClN2O.C16H32N2.C9H9ClO2.ClH/c1-2-3-7-21-8-6-17-28(18-21)19-22-9-4-5-10-24(22)27-25(29)16-13-20-11-14-23(26)15-12-20;1-2-3-7-14-8-6-11-18(12-14)13-15-9-4-5-10-16(15)17;10-8-4-1-7(2-5-8)3-6-9(11)12;/h11-12,14-15,21-22,24H,2-10,13,16-19H2,1H3,(H,27,29);14-16H,2-13,17H2,1H3;1-2,4-5H,3,6H2,(H,11,12);1H/t21?,22-,24+;14?,15-,16+;;/m00../s1. The number of halogens is 3. The van der Waals surface area contributed by atoms with Gasteiger partial charge >= 0.3 is 5.97 Å². The zero-order valence-electron chi connectivity index (χ0n) is 37.3. The molecule has 7 nitrogen and oxygen atoms in total. The van der Waals surface area contributed by atoms with Crippen molar-refractivity contribution in [1.29, 1.82) is 0 Å². The molecule has 0 bridgehead atoms. The van der Waals surface area contributed by atoms with E-state index in [2.05, 4.69) is 29.0 Å². The summed E-state index contributed by atoms with van der Waals surface area (Å²) in [5, 5.41) is 13.2. The number of benzene rings is 2. The van der Waals surface area contributed by atoms with E-state index in [-0.39, 0.29) is 24.7 Å². The van der Waals surface area contributed by atoms with Crippen LogP contribution in [0.4, 0.5) is 0 Å². The Hall–Kier alpha value is -1.87. The fourth-order valence-corrected chi connectivity index (χ4v) is 10.2. The summed E-state index contributed by atoms with van der Waals surface area (Å²) >= 11 is 11.6. The number of nitrogens with two attached hydrogens (primary N) is 1. The van der Waals surface area contributed by atoms with Crippen molar-refractivity contribution in [1.82, 2.24) is 15.1 Å². The van der Waals surface area contributed by atoms with Gasteiger partial charge in [-0.15, -0.1) is 12.4 Å². The Morgan fingerprint density at radius 2 is 1.13 bits per heavy atom. The number of likely N-dealkylation sites (tertiary alicyclic amines) is 2. The molecule has 4 N–H and O–H groups in total. The maximum absolute atomic E-state index is 12.6. The summed E-state index contributed by atoms with van der Waals surface area (Å²) in [7, 11) is 0. The Kier molecular flexibility index (Phi) is 26.5. The molecule has 2 heterocycles. The van der Waals surface area contributed by atoms with Crippen LogP contribution < -0.4 is 11.1 Å². The molecule has 2 saturated heterocycles. The first kappa shape index (κ1) is 52.5. The molecule has 1 amide bonds. The number of aryl methyl sites for hydroxylation is 2. The van der Waals surface area contributed by atoms with E-state index >= 15 is 0 Å². The van der Waals surface area contributed by atoms with Crippen LogP contribution in [0, 0.1) is 23.7 Å². The van der Waals surface area contributed by atoms with Crippen LogP contribution in [0.5, 0.6) is 0 Å². The van der Waals surface area contributed by atoms with Crippen molar-refractivity contribution in [2.75, 3.05) is 39.3 Å². The van der Waals surface area contributed by atoms with Gasteiger partial charge in [-0.05, 0) is 149 Å². The van der Waals surface area contributed by atoms with Crippen LogP contribution in [-0.4, -0.2) is 78.1 Å². The Labute approximate surface area is 381 Å². The third-order valence-corrected chi connectivity index (χ3v) is 13.9. The van der Waals surface area contributed by atoms with Crippen LogP contribution >= 0.6 is 35.6 Å². The summed E-state index contributed by atoms with van der Waals surface area (Å²) in [6.45, 7) is 12.2. The largest absolute Gasteiger partial charge is 0.481 e. The van der Waals surface area contributed by atoms with E-state index in [1.807, 2.05) is 36.4 Å². The predicted octanol–water partition coefficient (Wildman–Crippen LogP) is 12.0. The van der Waals surface area contributed by atoms with Crippen molar-refractivity contribution in [3.8, 4) is 0 Å². The number of nitrogens with one attached hydrogen (secondary N) is 1. The number of amides is 1. The molecule has 0 spiro atoms. The second-order valence-electron chi connectivity index (χ2n) is 18.4. The molecular formula is C50H81Cl3N4O3. The second kappa shape index (κ2) is 30.3. The molecule has 60 heavy (non-hydrogen) atoms. The van der Waals surface area contributed by atoms with Crippen LogP contribution in [0.25, 0.3) is 0 Å². The number of unbranched alkanes of at least 4 members (excludes halogenated alkanes) is 2. The summed E-state index contributed by atoms with van der Waals surface area (Å²) in [4.78, 5) is 28.2. The number of carboxylic acid groups (broad SMARTS) is 1. The molecule has 2 aliphatic heterocycles. The first-order valence-electron chi connectivity index (χ1n) is 23.8. The highest BCUT2D eigenvalue weighted by Gasteiger charge is 2.30. The summed E-state index contributed by atoms with van der Waals surface area (Å²) in [6, 6.07) is 15.9. The van der Waals surface area contributed by atoms with E-state index in [4.69, 9.17) is 34.0 Å². The molecule has 4 fully saturated rings. The number of nitrogens with zero attached hydrogens (tertiary/aromatic N) is 2. The highest BCUT2D eigenvalue weighted by atomic mass is 35.5. The molecule has 6 atom stereocenters. The maximum atomic E-state index is 12.6. The van der Waals surface area contributed by atoms with Crippen molar-refractivity contribution < 1.29 is 14.7 Å². The molecule has 2 aromatic carbocycles. The minimum Gasteiger partial charge on any atom is -0.481 e. The monoisotopic (exact) mass is 891 g/mol. The Bertz CT molecular complexity index is 1450. The lowest BCUT2D eigenvalue weighted by molar-refractivity contribution is -0.137. The zero-order chi connectivity index (χ0) is 42.2. The minimum absolute atomic E-state index is 0. The lowest BCUT2D eigenvalue weighted by atomic mass is 9.83. The van der Waals surface area contributed by atoms with Crippen LogP contribution in [0.3, 0.4) is 0 Å². The average Bonchev–Trinajstić information content (AvgIpc) is 3.24. The molecule has 4 aliphatic rings. The fraction of sp³-hybridized carbons (Fsp3) is 0.720. The number of hydrogen-bond donors (Lipinski definition) is 3. The molecule has 0 aromatic heterocycles. The fourth-order valence-electron chi connectivity index (χ4n) is 9.92. The van der Waals surface area contributed by atoms with E-state index in [0.717, 1.165) is 41.2 Å². The first-order chi connectivity index (χ1) is 28.6. The van der Waals surface area contributed by atoms with Gasteiger partial charge in [-0.2, -0.15) is 0 Å². The van der Waals surface area contributed by atoms with Crippen molar-refractivity contribution >= 4 is 47.5 Å². The zero-order valence-corrected chi connectivity index (χ0v) is 39.6. The van der Waals surface area contributed by atoms with E-state index in [9.17, 15) is 9.59 Å². The Morgan fingerprint density at radius 1 is 0.667 bits per heavy atom. The van der Waals surface area contributed by atoms with Crippen LogP contribution in [-0.2, 0) is 22.4 Å². The molecule has 340 valence electrons. The van der Waals surface area contributed by atoms with Crippen LogP contribution in [0.1, 0.15) is 153 Å². The van der Waals surface area contributed by atoms with Gasteiger partial charge in [-0.1, -0.05) is 113 Å². The number of piperidine rings is 2. The SMILES string of the molecule is CCCCC1CCCN(C[C@@H]2CCCC[C@H]2N)C1.CCCCC1CCCN(C[C@@H]2CCCC[C@H]2NC(=O)CCc2ccc(Cl)cc2)C1.Cl.O=C(O)CCc1ccc(Cl)cc1. The normalized spacial score (nSPS) is 24.8. The number of rotatable bonds is 17. The van der Waals surface area contributed by atoms with Gasteiger partial charge in [-0.25, -0.2) is 0 Å². The van der Waals surface area contributed by atoms with Gasteiger partial charge in [0.1, 0.15) is 0 Å². The summed E-state index contributed by atoms with van der Waals surface area (Å²) in [5.41, 5.74) is 8.46. The van der Waals surface area contributed by atoms with Crippen molar-refractivity contribution in [2.24, 2.45) is 29.4 Å². The average molecular weight is 893 g/mol. The molecule has 6 rings (SSSR count). The highest BCUT2D eigenvalue weighted by molar-refractivity contribution is 6.30. The molecule has 2 saturated carbocycles. The predicted molar refractivity (Wildman–Crippen MR) is 256 cm³/mol. The smallest absolute Gasteiger partial charge is 0.303 e. The third-order valence-electron chi connectivity index (χ3n) is 13.4. The van der Waals surface area contributed by atoms with Gasteiger partial charge in [0.05, 0.1) is 0 Å². The molecule has 2 aliphatic carbocycles. The van der Waals surface area contributed by atoms with Crippen molar-refractivity contribution in [2.45, 2.75) is 167 Å². The van der Waals surface area contributed by atoms with Gasteiger partial charge in [0.15, 0.2) is 0 Å². The van der Waals surface area contributed by atoms with Gasteiger partial charge in [0, 0.05) is 61.1 Å². The van der Waals surface area contributed by atoms with E-state index in [1.165, 1.54) is 154 Å². The van der Waals surface area contributed by atoms with Crippen molar-refractivity contribution in [3.63, 3.8) is 0 Å². The molecule has 0 radical (unpaired) electrons. The van der Waals surface area contributed by atoms with Crippen molar-refractivity contribution in [3.05, 3.63) is 69.7 Å². The summed E-state index contributed by atoms with van der Waals surface area (Å²) < 4.78 is 0. The lowest BCUT2D eigenvalue weighted by Crippen LogP contribution is -2.48. The highest BCUT2D eigenvalue weighted by Crippen LogP contribution is 2.30. The Balaban J connectivity index is 0.000000264. The minimum atomic E-state index is -0.773. The number of aliphatic carboxylic acids is 1. The maximum Gasteiger partial charge on any atom is 0.303 e. The number of hydrogen-bond acceptors (Lipinski definition) is 5. The quantitative estimate of drug-likeness (QED) is 0.146. The number of carboxylic acids is 1.